The van der Waals surface area contributed by atoms with Crippen LogP contribution in [0.2, 0.25) is 0 Å². The number of carbonyl (C=O) groups is 1. The second-order valence-corrected chi connectivity index (χ2v) is 9.33. The first-order chi connectivity index (χ1) is 14.1. The zero-order chi connectivity index (χ0) is 22.1. The molecule has 3 aromatic rings. The summed E-state index contributed by atoms with van der Waals surface area (Å²) in [7, 11) is -2.42. The molecule has 158 valence electrons. The number of amides is 1. The van der Waals surface area contributed by atoms with Gasteiger partial charge in [-0.15, -0.1) is 0 Å². The van der Waals surface area contributed by atoms with Crippen molar-refractivity contribution in [3.05, 3.63) is 70.0 Å². The number of hydrogen-bond acceptors (Lipinski definition) is 4. The fourth-order valence-corrected chi connectivity index (χ4v) is 4.33. The molecule has 0 unspecified atom stereocenters. The minimum atomic E-state index is -3.89. The Kier molecular flexibility index (Phi) is 5.98. The highest BCUT2D eigenvalue weighted by molar-refractivity contribution is 7.92. The van der Waals surface area contributed by atoms with Crippen LogP contribution in [0.5, 0.6) is 0 Å². The number of H-pyrrole nitrogens is 1. The van der Waals surface area contributed by atoms with Gasteiger partial charge in [0.05, 0.1) is 10.6 Å². The molecule has 0 aliphatic carbocycles. The van der Waals surface area contributed by atoms with Crippen molar-refractivity contribution >= 4 is 32.5 Å². The molecular formula is C22H25N3O4S. The minimum absolute atomic E-state index is 0.0241. The smallest absolute Gasteiger partial charge is 0.264 e. The number of aryl methyl sites for hydroxylation is 1. The molecule has 3 rings (SSSR count). The maximum atomic E-state index is 13.1. The van der Waals surface area contributed by atoms with E-state index in [4.69, 9.17) is 0 Å². The Hall–Kier alpha value is -3.13. The Balaban J connectivity index is 2.05. The molecule has 0 saturated carbocycles. The van der Waals surface area contributed by atoms with Gasteiger partial charge < -0.3 is 10.3 Å². The highest BCUT2D eigenvalue weighted by atomic mass is 32.2. The third-order valence-corrected chi connectivity index (χ3v) is 6.66. The second-order valence-electron chi connectivity index (χ2n) is 7.36. The zero-order valence-electron chi connectivity index (χ0n) is 17.4. The maximum Gasteiger partial charge on any atom is 0.264 e. The van der Waals surface area contributed by atoms with E-state index in [9.17, 15) is 18.0 Å². The Morgan fingerprint density at radius 3 is 2.40 bits per heavy atom. The van der Waals surface area contributed by atoms with Crippen molar-refractivity contribution in [2.45, 2.75) is 38.1 Å². The van der Waals surface area contributed by atoms with Crippen LogP contribution in [0.1, 0.15) is 36.7 Å². The van der Waals surface area contributed by atoms with Gasteiger partial charge >= 0.3 is 0 Å². The molecule has 2 N–H and O–H groups in total. The van der Waals surface area contributed by atoms with Crippen LogP contribution in [-0.4, -0.2) is 32.4 Å². The first kappa shape index (κ1) is 21.6. The summed E-state index contributed by atoms with van der Waals surface area (Å²) in [4.78, 5) is 28.0. The molecular weight excluding hydrogens is 402 g/mol. The van der Waals surface area contributed by atoms with Gasteiger partial charge in [-0.3, -0.25) is 13.9 Å². The lowest BCUT2D eigenvalue weighted by molar-refractivity contribution is 0.0942. The number of nitrogens with one attached hydrogen (secondary N) is 2. The van der Waals surface area contributed by atoms with E-state index in [2.05, 4.69) is 10.3 Å². The summed E-state index contributed by atoms with van der Waals surface area (Å²) in [5.41, 5.74) is 1.50. The summed E-state index contributed by atoms with van der Waals surface area (Å²) in [5, 5.41) is 2.81. The number of fused-ring (bicyclic) bond motifs is 1. The number of anilines is 1. The Labute approximate surface area is 175 Å². The minimum Gasteiger partial charge on any atom is -0.360 e. The number of benzene rings is 2. The summed E-state index contributed by atoms with van der Waals surface area (Å²) in [6, 6.07) is 11.4. The van der Waals surface area contributed by atoms with Gasteiger partial charge in [0.25, 0.3) is 15.9 Å². The molecule has 0 fully saturated rings. The van der Waals surface area contributed by atoms with Gasteiger partial charge in [-0.25, -0.2) is 8.42 Å². The van der Waals surface area contributed by atoms with Crippen molar-refractivity contribution in [1.82, 2.24) is 10.3 Å². The summed E-state index contributed by atoms with van der Waals surface area (Å²) in [5.74, 6) is -0.505. The number of sulfonamides is 1. The number of aromatic nitrogens is 1. The SMILES string of the molecule is CCc1ccc(N(C)S(=O)(=O)c2ccc3[nH]cc(C(=O)NC(C)C)c(=O)c3c2)cc1. The Morgan fingerprint density at radius 2 is 1.80 bits per heavy atom. The highest BCUT2D eigenvalue weighted by Gasteiger charge is 2.23. The highest BCUT2D eigenvalue weighted by Crippen LogP contribution is 2.24. The summed E-state index contributed by atoms with van der Waals surface area (Å²) >= 11 is 0. The van der Waals surface area contributed by atoms with Gasteiger partial charge in [-0.2, -0.15) is 0 Å². The molecule has 0 aliphatic rings. The van der Waals surface area contributed by atoms with E-state index in [1.807, 2.05) is 19.1 Å². The van der Waals surface area contributed by atoms with Crippen molar-refractivity contribution < 1.29 is 13.2 Å². The van der Waals surface area contributed by atoms with E-state index in [0.29, 0.717) is 11.2 Å². The second kappa shape index (κ2) is 8.31. The standard InChI is InChI=1S/C22H25N3O4S/c1-5-15-6-8-16(9-7-15)25(4)30(28,29)17-10-11-20-18(12-17)21(26)19(13-23-20)22(27)24-14(2)3/h6-14H,5H2,1-4H3,(H,23,26)(H,24,27). The number of aromatic amines is 1. The topological polar surface area (TPSA) is 99.3 Å². The maximum absolute atomic E-state index is 13.1. The van der Waals surface area contributed by atoms with Crippen LogP contribution in [-0.2, 0) is 16.4 Å². The average Bonchev–Trinajstić information content (AvgIpc) is 2.72. The fourth-order valence-electron chi connectivity index (χ4n) is 3.11. The van der Waals surface area contributed by atoms with Crippen LogP contribution < -0.4 is 15.1 Å². The van der Waals surface area contributed by atoms with Crippen LogP contribution in [0.15, 0.2) is 58.4 Å². The third-order valence-electron chi connectivity index (χ3n) is 4.88. The van der Waals surface area contributed by atoms with E-state index < -0.39 is 21.4 Å². The van der Waals surface area contributed by atoms with Crippen LogP contribution >= 0.6 is 0 Å². The quantitative estimate of drug-likeness (QED) is 0.632. The molecule has 0 saturated heterocycles. The van der Waals surface area contributed by atoms with Crippen LogP contribution in [0, 0.1) is 0 Å². The molecule has 1 aromatic heterocycles. The Morgan fingerprint density at radius 1 is 1.13 bits per heavy atom. The molecule has 0 spiro atoms. The molecule has 2 aromatic carbocycles. The Bertz CT molecular complexity index is 1250. The van der Waals surface area contributed by atoms with Crippen molar-refractivity contribution in [3.63, 3.8) is 0 Å². The predicted octanol–water partition coefficient (Wildman–Crippen LogP) is 3.05. The summed E-state index contributed by atoms with van der Waals surface area (Å²) in [6.07, 6.45) is 2.20. The van der Waals surface area contributed by atoms with E-state index in [1.165, 1.54) is 35.7 Å². The van der Waals surface area contributed by atoms with Crippen LogP contribution in [0.3, 0.4) is 0 Å². The fraction of sp³-hybridized carbons (Fsp3) is 0.273. The number of rotatable bonds is 6. The van der Waals surface area contributed by atoms with E-state index in [1.54, 1.807) is 26.0 Å². The molecule has 0 bridgehead atoms. The predicted molar refractivity (Wildman–Crippen MR) is 119 cm³/mol. The van der Waals surface area contributed by atoms with Crippen molar-refractivity contribution in [3.8, 4) is 0 Å². The molecule has 30 heavy (non-hydrogen) atoms. The molecule has 0 atom stereocenters. The van der Waals surface area contributed by atoms with Gasteiger partial charge in [0.2, 0.25) is 5.43 Å². The van der Waals surface area contributed by atoms with Gasteiger partial charge in [0.1, 0.15) is 5.56 Å². The van der Waals surface area contributed by atoms with Gasteiger partial charge in [-0.05, 0) is 56.2 Å². The molecule has 0 aliphatic heterocycles. The number of carbonyl (C=O) groups excluding carboxylic acids is 1. The molecule has 1 heterocycles. The number of nitrogens with zero attached hydrogens (tertiary/aromatic N) is 1. The van der Waals surface area contributed by atoms with Crippen molar-refractivity contribution in [2.24, 2.45) is 0 Å². The van der Waals surface area contributed by atoms with Crippen molar-refractivity contribution in [1.29, 1.82) is 0 Å². The van der Waals surface area contributed by atoms with E-state index in [-0.39, 0.29) is 21.9 Å². The lowest BCUT2D eigenvalue weighted by Crippen LogP contribution is -2.33. The van der Waals surface area contributed by atoms with Gasteiger partial charge in [0.15, 0.2) is 0 Å². The zero-order valence-corrected chi connectivity index (χ0v) is 18.2. The van der Waals surface area contributed by atoms with E-state index >= 15 is 0 Å². The third kappa shape index (κ3) is 4.09. The first-order valence-electron chi connectivity index (χ1n) is 9.69. The number of hydrogen-bond donors (Lipinski definition) is 2. The number of pyridine rings is 1. The largest absolute Gasteiger partial charge is 0.360 e. The van der Waals surface area contributed by atoms with Crippen LogP contribution in [0.4, 0.5) is 5.69 Å². The van der Waals surface area contributed by atoms with Gasteiger partial charge in [0, 0.05) is 30.2 Å². The summed E-state index contributed by atoms with van der Waals surface area (Å²) < 4.78 is 27.5. The summed E-state index contributed by atoms with van der Waals surface area (Å²) in [6.45, 7) is 5.61. The van der Waals surface area contributed by atoms with Crippen LogP contribution in [0.25, 0.3) is 10.9 Å². The van der Waals surface area contributed by atoms with E-state index in [0.717, 1.165) is 12.0 Å². The molecule has 1 amide bonds. The molecule has 8 heteroatoms. The van der Waals surface area contributed by atoms with Crippen molar-refractivity contribution in [2.75, 3.05) is 11.4 Å². The van der Waals surface area contributed by atoms with Gasteiger partial charge in [-0.1, -0.05) is 19.1 Å². The normalized spacial score (nSPS) is 11.6. The molecule has 7 nitrogen and oxygen atoms in total. The molecule has 0 radical (unpaired) electrons. The first-order valence-corrected chi connectivity index (χ1v) is 11.1. The average molecular weight is 428 g/mol. The monoisotopic (exact) mass is 427 g/mol. The lowest BCUT2D eigenvalue weighted by Gasteiger charge is -2.20. The lowest BCUT2D eigenvalue weighted by atomic mass is 10.1.